The predicted molar refractivity (Wildman–Crippen MR) is 73.7 cm³/mol. The Labute approximate surface area is 107 Å². The molecule has 0 saturated heterocycles. The molecule has 0 unspecified atom stereocenters. The van der Waals surface area contributed by atoms with E-state index in [1.165, 1.54) is 0 Å². The van der Waals surface area contributed by atoms with Crippen molar-refractivity contribution in [2.45, 2.75) is 26.2 Å². The number of nitrogen functional groups attached to an aromatic ring is 1. The van der Waals surface area contributed by atoms with Gasteiger partial charge in [0, 0.05) is 16.5 Å². The number of nitrogens with zero attached hydrogens (tertiary/aromatic N) is 1. The monoisotopic (exact) mass is 242 g/mol. The molecule has 0 fully saturated rings. The van der Waals surface area contributed by atoms with Crippen LogP contribution in [0.3, 0.4) is 0 Å². The van der Waals surface area contributed by atoms with Crippen molar-refractivity contribution < 1.29 is 0 Å². The molecule has 1 aromatic heterocycles. The van der Waals surface area contributed by atoms with Gasteiger partial charge >= 0.3 is 0 Å². The largest absolute Gasteiger partial charge is 0.384 e. The molecule has 0 spiro atoms. The third-order valence-corrected chi connectivity index (χ3v) is 2.77. The summed E-state index contributed by atoms with van der Waals surface area (Å²) in [7, 11) is 0. The smallest absolute Gasteiger partial charge is 0.122 e. The second-order valence-electron chi connectivity index (χ2n) is 5.39. The van der Waals surface area contributed by atoms with Gasteiger partial charge in [-0.1, -0.05) is 39.0 Å². The van der Waals surface area contributed by atoms with Crippen molar-refractivity contribution in [3.63, 3.8) is 0 Å². The van der Waals surface area contributed by atoms with E-state index in [1.54, 1.807) is 0 Å². The molecule has 1 heterocycles. The molecule has 0 aliphatic carbocycles. The van der Waals surface area contributed by atoms with E-state index in [0.717, 1.165) is 22.6 Å². The fraction of sp³-hybridized carbons (Fsp3) is 0.286. The Morgan fingerprint density at radius 1 is 1.33 bits per heavy atom. The minimum Gasteiger partial charge on any atom is -0.384 e. The van der Waals surface area contributed by atoms with Gasteiger partial charge in [-0.25, -0.2) is 4.98 Å². The highest BCUT2D eigenvalue weighted by Gasteiger charge is 2.17. The number of nitrogens with one attached hydrogen (secondary N) is 2. The van der Waals surface area contributed by atoms with Crippen molar-refractivity contribution in [2.24, 2.45) is 5.73 Å². The van der Waals surface area contributed by atoms with Crippen LogP contribution in [-0.4, -0.2) is 15.8 Å². The number of hydrogen-bond donors (Lipinski definition) is 3. The molecule has 4 heteroatoms. The summed E-state index contributed by atoms with van der Waals surface area (Å²) < 4.78 is 0. The van der Waals surface area contributed by atoms with Crippen LogP contribution in [0, 0.1) is 5.41 Å². The molecule has 0 saturated carbocycles. The van der Waals surface area contributed by atoms with E-state index in [9.17, 15) is 0 Å². The average molecular weight is 242 g/mol. The molecular formula is C14H18N4. The lowest BCUT2D eigenvalue weighted by Crippen LogP contribution is -2.13. The zero-order valence-corrected chi connectivity index (χ0v) is 10.9. The normalized spacial score (nSPS) is 11.5. The van der Waals surface area contributed by atoms with Gasteiger partial charge < -0.3 is 10.7 Å². The number of hydrogen-bond acceptors (Lipinski definition) is 2. The summed E-state index contributed by atoms with van der Waals surface area (Å²) in [5.41, 5.74) is 8.15. The fourth-order valence-corrected chi connectivity index (χ4v) is 1.70. The number of benzene rings is 1. The molecule has 94 valence electrons. The lowest BCUT2D eigenvalue weighted by molar-refractivity contribution is 0.553. The fourth-order valence-electron chi connectivity index (χ4n) is 1.70. The first-order valence-electron chi connectivity index (χ1n) is 5.88. The first-order chi connectivity index (χ1) is 8.38. The van der Waals surface area contributed by atoms with Gasteiger partial charge in [-0.3, -0.25) is 5.41 Å². The van der Waals surface area contributed by atoms with Crippen LogP contribution in [0.2, 0.25) is 0 Å². The number of amidine groups is 1. The summed E-state index contributed by atoms with van der Waals surface area (Å²) in [6.07, 6.45) is 1.82. The number of aromatic nitrogens is 2. The summed E-state index contributed by atoms with van der Waals surface area (Å²) in [5, 5.41) is 7.45. The first kappa shape index (κ1) is 12.4. The van der Waals surface area contributed by atoms with Gasteiger partial charge in [0.1, 0.15) is 11.7 Å². The number of imidazole rings is 1. The number of nitrogens with two attached hydrogens (primary N) is 1. The van der Waals surface area contributed by atoms with Crippen molar-refractivity contribution in [3.05, 3.63) is 41.9 Å². The van der Waals surface area contributed by atoms with E-state index in [2.05, 4.69) is 30.7 Å². The molecule has 0 radical (unpaired) electrons. The molecule has 18 heavy (non-hydrogen) atoms. The Morgan fingerprint density at radius 2 is 2.06 bits per heavy atom. The van der Waals surface area contributed by atoms with Crippen molar-refractivity contribution in [1.82, 2.24) is 9.97 Å². The van der Waals surface area contributed by atoms with Crippen molar-refractivity contribution in [1.29, 1.82) is 5.41 Å². The highest BCUT2D eigenvalue weighted by atomic mass is 14.9. The van der Waals surface area contributed by atoms with Gasteiger partial charge in [0.2, 0.25) is 0 Å². The second kappa shape index (κ2) is 4.29. The van der Waals surface area contributed by atoms with Crippen LogP contribution in [0.1, 0.15) is 32.2 Å². The standard InChI is InChI=1S/C14H18N4/c1-14(2,3)13-17-8-11(18-13)9-5-4-6-10(7-9)12(15)16/h4-8H,1-3H3,(H3,15,16)(H,17,18). The van der Waals surface area contributed by atoms with E-state index in [-0.39, 0.29) is 11.3 Å². The molecule has 4 nitrogen and oxygen atoms in total. The van der Waals surface area contributed by atoms with E-state index in [0.29, 0.717) is 0 Å². The minimum atomic E-state index is -0.00354. The molecule has 0 amide bonds. The lowest BCUT2D eigenvalue weighted by Gasteiger charge is -2.14. The maximum absolute atomic E-state index is 7.45. The Balaban J connectivity index is 2.40. The van der Waals surface area contributed by atoms with Gasteiger partial charge in [-0.05, 0) is 6.07 Å². The molecular weight excluding hydrogens is 224 g/mol. The van der Waals surface area contributed by atoms with Crippen LogP contribution < -0.4 is 5.73 Å². The molecule has 4 N–H and O–H groups in total. The van der Waals surface area contributed by atoms with Gasteiger partial charge in [-0.2, -0.15) is 0 Å². The van der Waals surface area contributed by atoms with Gasteiger partial charge in [0.15, 0.2) is 0 Å². The van der Waals surface area contributed by atoms with Crippen molar-refractivity contribution in [3.8, 4) is 11.3 Å². The van der Waals surface area contributed by atoms with E-state index in [1.807, 2.05) is 30.5 Å². The molecule has 0 aliphatic rings. The Hall–Kier alpha value is -2.10. The summed E-state index contributed by atoms with van der Waals surface area (Å²) in [6, 6.07) is 7.59. The maximum atomic E-state index is 7.45. The number of aromatic amines is 1. The van der Waals surface area contributed by atoms with E-state index in [4.69, 9.17) is 11.1 Å². The Bertz CT molecular complexity index is 575. The van der Waals surface area contributed by atoms with Crippen molar-refractivity contribution >= 4 is 5.84 Å². The Morgan fingerprint density at radius 3 is 2.61 bits per heavy atom. The van der Waals surface area contributed by atoms with Crippen LogP contribution >= 0.6 is 0 Å². The third kappa shape index (κ3) is 2.42. The topological polar surface area (TPSA) is 78.6 Å². The third-order valence-electron chi connectivity index (χ3n) is 2.77. The molecule has 2 rings (SSSR count). The highest BCUT2D eigenvalue weighted by Crippen LogP contribution is 2.23. The zero-order valence-electron chi connectivity index (χ0n) is 10.9. The van der Waals surface area contributed by atoms with Crippen LogP contribution in [0.4, 0.5) is 0 Å². The van der Waals surface area contributed by atoms with Crippen LogP contribution in [0.25, 0.3) is 11.3 Å². The minimum absolute atomic E-state index is 0.00354. The summed E-state index contributed by atoms with van der Waals surface area (Å²) in [6.45, 7) is 6.34. The molecule has 0 aliphatic heterocycles. The summed E-state index contributed by atoms with van der Waals surface area (Å²) in [5.74, 6) is 1.03. The molecule has 1 aromatic carbocycles. The Kier molecular flexibility index (Phi) is 2.95. The SMILES string of the molecule is CC(C)(C)c1ncc(-c2cccc(C(=N)N)c2)[nH]1. The van der Waals surface area contributed by atoms with Gasteiger partial charge in [0.05, 0.1) is 11.9 Å². The van der Waals surface area contributed by atoms with Crippen LogP contribution in [-0.2, 0) is 5.41 Å². The summed E-state index contributed by atoms with van der Waals surface area (Å²) in [4.78, 5) is 7.71. The first-order valence-corrected chi connectivity index (χ1v) is 5.88. The van der Waals surface area contributed by atoms with E-state index >= 15 is 0 Å². The summed E-state index contributed by atoms with van der Waals surface area (Å²) >= 11 is 0. The average Bonchev–Trinajstić information content (AvgIpc) is 2.78. The van der Waals surface area contributed by atoms with Gasteiger partial charge in [0.25, 0.3) is 0 Å². The van der Waals surface area contributed by atoms with Crippen molar-refractivity contribution in [2.75, 3.05) is 0 Å². The second-order valence-corrected chi connectivity index (χ2v) is 5.39. The lowest BCUT2D eigenvalue weighted by atomic mass is 9.96. The van der Waals surface area contributed by atoms with E-state index < -0.39 is 0 Å². The highest BCUT2D eigenvalue weighted by molar-refractivity contribution is 5.95. The molecule has 0 bridgehead atoms. The van der Waals surface area contributed by atoms with Gasteiger partial charge in [-0.15, -0.1) is 0 Å². The van der Waals surface area contributed by atoms with Crippen LogP contribution in [0.15, 0.2) is 30.5 Å². The maximum Gasteiger partial charge on any atom is 0.122 e. The van der Waals surface area contributed by atoms with Crippen LogP contribution in [0.5, 0.6) is 0 Å². The number of H-pyrrole nitrogens is 1. The molecule has 0 atom stereocenters. The predicted octanol–water partition coefficient (Wildman–Crippen LogP) is 2.66. The quantitative estimate of drug-likeness (QED) is 0.559. The molecule has 2 aromatic rings. The zero-order chi connectivity index (χ0) is 13.3. The number of rotatable bonds is 2.